The van der Waals surface area contributed by atoms with Crippen molar-refractivity contribution in [2.45, 2.75) is 26.0 Å². The van der Waals surface area contributed by atoms with Crippen molar-refractivity contribution >= 4 is 28.6 Å². The van der Waals surface area contributed by atoms with Crippen LogP contribution in [-0.4, -0.2) is 40.6 Å². The summed E-state index contributed by atoms with van der Waals surface area (Å²) in [5, 5.41) is 19.1. The molecule has 9 nitrogen and oxygen atoms in total. The van der Waals surface area contributed by atoms with Crippen molar-refractivity contribution in [1.29, 1.82) is 5.26 Å². The SMILES string of the molecule is CNc1ncc2cc(OC(C)CNc3ncc(C#N)cc3C(=O)N[C@@H](C)c3ccc(F)cc3)ccc2n1. The van der Waals surface area contributed by atoms with E-state index in [0.29, 0.717) is 24.1 Å². The van der Waals surface area contributed by atoms with Crippen LogP contribution in [0, 0.1) is 17.1 Å². The Morgan fingerprint density at radius 2 is 1.89 bits per heavy atom. The monoisotopic (exact) mass is 499 g/mol. The quantitative estimate of drug-likeness (QED) is 0.309. The number of hydrogen-bond acceptors (Lipinski definition) is 8. The number of anilines is 2. The van der Waals surface area contributed by atoms with Crippen molar-refractivity contribution in [3.8, 4) is 11.8 Å². The van der Waals surface area contributed by atoms with Gasteiger partial charge < -0.3 is 20.7 Å². The molecular formula is C27H26FN7O2. The minimum atomic E-state index is -0.409. The molecule has 2 aromatic carbocycles. The molecule has 2 heterocycles. The third-order valence-electron chi connectivity index (χ3n) is 5.65. The average Bonchev–Trinajstić information content (AvgIpc) is 2.91. The lowest BCUT2D eigenvalue weighted by atomic mass is 10.1. The number of benzene rings is 2. The number of aromatic nitrogens is 3. The summed E-state index contributed by atoms with van der Waals surface area (Å²) in [6.45, 7) is 4.03. The number of nitrogens with one attached hydrogen (secondary N) is 3. The van der Waals surface area contributed by atoms with Crippen LogP contribution in [0.1, 0.15) is 41.4 Å². The molecule has 4 rings (SSSR count). The normalized spacial score (nSPS) is 12.3. The van der Waals surface area contributed by atoms with Gasteiger partial charge in [-0.25, -0.2) is 19.3 Å². The Labute approximate surface area is 213 Å². The van der Waals surface area contributed by atoms with Crippen LogP contribution in [0.25, 0.3) is 10.9 Å². The van der Waals surface area contributed by atoms with E-state index in [9.17, 15) is 14.4 Å². The Morgan fingerprint density at radius 3 is 2.62 bits per heavy atom. The Bertz CT molecular complexity index is 1450. The molecule has 0 aliphatic rings. The van der Waals surface area contributed by atoms with Crippen molar-refractivity contribution in [1.82, 2.24) is 20.3 Å². The lowest BCUT2D eigenvalue weighted by Crippen LogP contribution is -2.29. The number of carbonyl (C=O) groups is 1. The first-order chi connectivity index (χ1) is 17.9. The molecule has 3 N–H and O–H groups in total. The largest absolute Gasteiger partial charge is 0.489 e. The van der Waals surface area contributed by atoms with Gasteiger partial charge in [0.15, 0.2) is 0 Å². The predicted molar refractivity (Wildman–Crippen MR) is 139 cm³/mol. The molecule has 2 atom stereocenters. The van der Waals surface area contributed by atoms with Crippen molar-refractivity contribution in [3.63, 3.8) is 0 Å². The van der Waals surface area contributed by atoms with Crippen LogP contribution in [-0.2, 0) is 0 Å². The Kier molecular flexibility index (Phi) is 7.74. The number of rotatable bonds is 9. The van der Waals surface area contributed by atoms with Gasteiger partial charge in [-0.2, -0.15) is 5.26 Å². The van der Waals surface area contributed by atoms with Crippen LogP contribution in [0.2, 0.25) is 0 Å². The van der Waals surface area contributed by atoms with Gasteiger partial charge in [0.25, 0.3) is 5.91 Å². The maximum absolute atomic E-state index is 13.2. The minimum absolute atomic E-state index is 0.225. The maximum Gasteiger partial charge on any atom is 0.255 e. The summed E-state index contributed by atoms with van der Waals surface area (Å²) < 4.78 is 19.3. The first-order valence-electron chi connectivity index (χ1n) is 11.7. The highest BCUT2D eigenvalue weighted by molar-refractivity contribution is 5.99. The van der Waals surface area contributed by atoms with Crippen LogP contribution in [0.4, 0.5) is 16.2 Å². The summed E-state index contributed by atoms with van der Waals surface area (Å²) in [5.74, 6) is 0.760. The number of fused-ring (bicyclic) bond motifs is 1. The Hall–Kier alpha value is -4.78. The number of nitrogens with zero attached hydrogens (tertiary/aromatic N) is 4. The van der Waals surface area contributed by atoms with Gasteiger partial charge in [0, 0.05) is 24.8 Å². The summed E-state index contributed by atoms with van der Waals surface area (Å²) >= 11 is 0. The van der Waals surface area contributed by atoms with Gasteiger partial charge in [-0.15, -0.1) is 0 Å². The van der Waals surface area contributed by atoms with Crippen LogP contribution < -0.4 is 20.7 Å². The minimum Gasteiger partial charge on any atom is -0.489 e. The standard InChI is InChI=1S/C27H26FN7O2/c1-16(37-22-8-9-24-20(11-22)15-33-27(30-3)35-24)13-31-25-23(10-18(12-29)14-32-25)26(36)34-17(2)19-4-6-21(28)7-5-19/h4-11,14-17H,13H2,1-3H3,(H,31,32)(H,34,36)(H,30,33,35)/t16?,17-/m0/s1. The van der Waals surface area contributed by atoms with E-state index < -0.39 is 5.91 Å². The molecule has 4 aromatic rings. The lowest BCUT2D eigenvalue weighted by molar-refractivity contribution is 0.0940. The number of pyridine rings is 1. The zero-order valence-electron chi connectivity index (χ0n) is 20.6. The molecular weight excluding hydrogens is 473 g/mol. The molecule has 0 aliphatic heterocycles. The summed E-state index contributed by atoms with van der Waals surface area (Å²) in [6.07, 6.45) is 2.85. The van der Waals surface area contributed by atoms with E-state index >= 15 is 0 Å². The second kappa shape index (κ2) is 11.3. The zero-order valence-corrected chi connectivity index (χ0v) is 20.6. The topological polar surface area (TPSA) is 125 Å². The molecule has 0 bridgehead atoms. The van der Waals surface area contributed by atoms with Gasteiger partial charge in [0.2, 0.25) is 5.95 Å². The number of hydrogen-bond donors (Lipinski definition) is 3. The molecule has 1 amide bonds. The molecule has 2 aromatic heterocycles. The highest BCUT2D eigenvalue weighted by Gasteiger charge is 2.18. The summed E-state index contributed by atoms with van der Waals surface area (Å²) in [4.78, 5) is 26.0. The molecule has 0 saturated heterocycles. The van der Waals surface area contributed by atoms with Crippen molar-refractivity contribution in [2.24, 2.45) is 0 Å². The van der Waals surface area contributed by atoms with E-state index in [-0.39, 0.29) is 29.1 Å². The zero-order chi connectivity index (χ0) is 26.4. The molecule has 0 saturated carbocycles. The number of ether oxygens (including phenoxy) is 1. The predicted octanol–water partition coefficient (Wildman–Crippen LogP) is 4.45. The molecule has 37 heavy (non-hydrogen) atoms. The van der Waals surface area contributed by atoms with Crippen LogP contribution in [0.3, 0.4) is 0 Å². The number of halogens is 1. The van der Waals surface area contributed by atoms with E-state index in [0.717, 1.165) is 16.5 Å². The van der Waals surface area contributed by atoms with Crippen molar-refractivity contribution < 1.29 is 13.9 Å². The molecule has 1 unspecified atom stereocenters. The molecule has 188 valence electrons. The van der Waals surface area contributed by atoms with Crippen molar-refractivity contribution in [3.05, 3.63) is 83.4 Å². The smallest absolute Gasteiger partial charge is 0.255 e. The average molecular weight is 500 g/mol. The molecule has 10 heteroatoms. The summed E-state index contributed by atoms with van der Waals surface area (Å²) in [7, 11) is 1.76. The molecule has 0 radical (unpaired) electrons. The maximum atomic E-state index is 13.2. The van der Waals surface area contributed by atoms with Crippen molar-refractivity contribution in [2.75, 3.05) is 24.2 Å². The second-order valence-corrected chi connectivity index (χ2v) is 8.45. The van der Waals surface area contributed by atoms with Gasteiger partial charge in [0.05, 0.1) is 29.2 Å². The Morgan fingerprint density at radius 1 is 1.11 bits per heavy atom. The third kappa shape index (κ3) is 6.27. The van der Waals surface area contributed by atoms with Crippen LogP contribution >= 0.6 is 0 Å². The van der Waals surface area contributed by atoms with E-state index in [1.165, 1.54) is 24.4 Å². The second-order valence-electron chi connectivity index (χ2n) is 8.45. The van der Waals surface area contributed by atoms with E-state index in [4.69, 9.17) is 4.74 Å². The van der Waals surface area contributed by atoms with Crippen LogP contribution in [0.5, 0.6) is 5.75 Å². The summed E-state index contributed by atoms with van der Waals surface area (Å²) in [5.41, 5.74) is 2.03. The highest BCUT2D eigenvalue weighted by atomic mass is 19.1. The summed E-state index contributed by atoms with van der Waals surface area (Å²) in [6, 6.07) is 14.6. The fourth-order valence-electron chi connectivity index (χ4n) is 3.67. The molecule has 0 spiro atoms. The first-order valence-corrected chi connectivity index (χ1v) is 11.7. The van der Waals surface area contributed by atoms with Gasteiger partial charge in [-0.1, -0.05) is 12.1 Å². The number of nitriles is 1. The lowest BCUT2D eigenvalue weighted by Gasteiger charge is -2.19. The van der Waals surface area contributed by atoms with Crippen LogP contribution in [0.15, 0.2) is 60.9 Å². The third-order valence-corrected chi connectivity index (χ3v) is 5.65. The highest BCUT2D eigenvalue weighted by Crippen LogP contribution is 2.22. The molecule has 0 fully saturated rings. The van der Waals surface area contributed by atoms with E-state index in [1.807, 2.05) is 31.2 Å². The van der Waals surface area contributed by atoms with Gasteiger partial charge >= 0.3 is 0 Å². The van der Waals surface area contributed by atoms with E-state index in [1.54, 1.807) is 32.3 Å². The number of amides is 1. The fraction of sp³-hybridized carbons (Fsp3) is 0.222. The Balaban J connectivity index is 1.43. The van der Waals surface area contributed by atoms with Gasteiger partial charge in [0.1, 0.15) is 29.6 Å². The fourth-order valence-corrected chi connectivity index (χ4v) is 3.67. The van der Waals surface area contributed by atoms with Gasteiger partial charge in [-0.05, 0) is 55.8 Å². The van der Waals surface area contributed by atoms with Gasteiger partial charge in [-0.3, -0.25) is 4.79 Å². The molecule has 0 aliphatic carbocycles. The number of carbonyl (C=O) groups excluding carboxylic acids is 1. The van der Waals surface area contributed by atoms with E-state index in [2.05, 4.69) is 30.9 Å². The first kappa shape index (κ1) is 25.3.